The standard InChI is InChI=1S/C14H22N2O3S2/c1-11(20-12-6-4-3-5-7-12)10-16-14(17)13(15)8-9-21(2,18)19/h3-7,11,13H,8-10,15H2,1-2H3,(H,16,17). The number of hydrogen-bond donors (Lipinski definition) is 2. The van der Waals surface area contributed by atoms with Gasteiger partial charge in [0.2, 0.25) is 5.91 Å². The highest BCUT2D eigenvalue weighted by molar-refractivity contribution is 8.00. The van der Waals surface area contributed by atoms with E-state index in [0.717, 1.165) is 11.2 Å². The van der Waals surface area contributed by atoms with Gasteiger partial charge in [-0.3, -0.25) is 4.79 Å². The molecule has 0 aromatic heterocycles. The van der Waals surface area contributed by atoms with Gasteiger partial charge in [0.15, 0.2) is 0 Å². The van der Waals surface area contributed by atoms with Gasteiger partial charge >= 0.3 is 0 Å². The summed E-state index contributed by atoms with van der Waals surface area (Å²) in [7, 11) is -3.09. The fourth-order valence-electron chi connectivity index (χ4n) is 1.62. The van der Waals surface area contributed by atoms with Crippen LogP contribution in [0.2, 0.25) is 0 Å². The molecule has 7 heteroatoms. The molecule has 0 spiro atoms. The van der Waals surface area contributed by atoms with Crippen molar-refractivity contribution < 1.29 is 13.2 Å². The zero-order valence-electron chi connectivity index (χ0n) is 12.3. The van der Waals surface area contributed by atoms with Crippen LogP contribution in [0.15, 0.2) is 35.2 Å². The van der Waals surface area contributed by atoms with Crippen LogP contribution in [0, 0.1) is 0 Å². The average molecular weight is 330 g/mol. The van der Waals surface area contributed by atoms with Gasteiger partial charge in [-0.05, 0) is 18.6 Å². The van der Waals surface area contributed by atoms with E-state index in [1.165, 1.54) is 0 Å². The second-order valence-corrected chi connectivity index (χ2v) is 8.78. The maximum Gasteiger partial charge on any atom is 0.236 e. The Kier molecular flexibility index (Phi) is 7.21. The van der Waals surface area contributed by atoms with Crippen LogP contribution in [-0.4, -0.2) is 44.2 Å². The Balaban J connectivity index is 2.31. The summed E-state index contributed by atoms with van der Waals surface area (Å²) in [5.41, 5.74) is 5.68. The minimum atomic E-state index is -3.09. The highest BCUT2D eigenvalue weighted by Crippen LogP contribution is 2.21. The van der Waals surface area contributed by atoms with Crippen molar-refractivity contribution in [3.8, 4) is 0 Å². The normalized spacial score (nSPS) is 14.4. The molecule has 0 radical (unpaired) electrons. The third-order valence-corrected chi connectivity index (χ3v) is 4.87. The topological polar surface area (TPSA) is 89.3 Å². The Bertz CT molecular complexity index is 547. The number of hydrogen-bond acceptors (Lipinski definition) is 5. The number of nitrogens with one attached hydrogen (secondary N) is 1. The van der Waals surface area contributed by atoms with E-state index in [2.05, 4.69) is 5.32 Å². The van der Waals surface area contributed by atoms with Crippen molar-refractivity contribution in [3.63, 3.8) is 0 Å². The SMILES string of the molecule is CC(CNC(=O)C(N)CCS(C)(=O)=O)Sc1ccccc1. The minimum Gasteiger partial charge on any atom is -0.354 e. The number of sulfone groups is 1. The van der Waals surface area contributed by atoms with Gasteiger partial charge in [0.1, 0.15) is 9.84 Å². The highest BCUT2D eigenvalue weighted by Gasteiger charge is 2.16. The predicted molar refractivity (Wildman–Crippen MR) is 87.1 cm³/mol. The van der Waals surface area contributed by atoms with Crippen molar-refractivity contribution in [2.45, 2.75) is 29.5 Å². The van der Waals surface area contributed by atoms with E-state index < -0.39 is 15.9 Å². The highest BCUT2D eigenvalue weighted by atomic mass is 32.2. The lowest BCUT2D eigenvalue weighted by Gasteiger charge is -2.15. The Morgan fingerprint density at radius 3 is 2.52 bits per heavy atom. The zero-order valence-corrected chi connectivity index (χ0v) is 13.9. The first-order chi connectivity index (χ1) is 9.78. The van der Waals surface area contributed by atoms with Crippen LogP contribution in [0.3, 0.4) is 0 Å². The van der Waals surface area contributed by atoms with Crippen LogP contribution in [0.5, 0.6) is 0 Å². The molecule has 1 amide bonds. The Morgan fingerprint density at radius 2 is 1.95 bits per heavy atom. The van der Waals surface area contributed by atoms with Gasteiger partial charge in [-0.15, -0.1) is 11.8 Å². The van der Waals surface area contributed by atoms with Crippen molar-refractivity contribution in [1.29, 1.82) is 0 Å². The summed E-state index contributed by atoms with van der Waals surface area (Å²) in [6.45, 7) is 2.50. The summed E-state index contributed by atoms with van der Waals surface area (Å²) in [6, 6.07) is 9.14. The molecule has 118 valence electrons. The van der Waals surface area contributed by atoms with Gasteiger partial charge in [0.25, 0.3) is 0 Å². The summed E-state index contributed by atoms with van der Waals surface area (Å²) in [6.07, 6.45) is 1.28. The number of nitrogens with two attached hydrogens (primary N) is 1. The number of benzene rings is 1. The van der Waals surface area contributed by atoms with Gasteiger partial charge in [0.05, 0.1) is 11.8 Å². The molecule has 0 aliphatic carbocycles. The van der Waals surface area contributed by atoms with Crippen molar-refractivity contribution >= 4 is 27.5 Å². The van der Waals surface area contributed by atoms with E-state index in [4.69, 9.17) is 5.73 Å². The minimum absolute atomic E-state index is 0.0735. The summed E-state index contributed by atoms with van der Waals surface area (Å²) in [5, 5.41) is 2.97. The summed E-state index contributed by atoms with van der Waals surface area (Å²) >= 11 is 1.66. The predicted octanol–water partition coefficient (Wildman–Crippen LogP) is 1.05. The Morgan fingerprint density at radius 1 is 1.33 bits per heavy atom. The quantitative estimate of drug-likeness (QED) is 0.695. The Labute approximate surface area is 130 Å². The zero-order chi connectivity index (χ0) is 15.9. The molecule has 3 N–H and O–H groups in total. The van der Waals surface area contributed by atoms with Crippen molar-refractivity contribution in [3.05, 3.63) is 30.3 Å². The molecule has 0 bridgehead atoms. The lowest BCUT2D eigenvalue weighted by atomic mass is 10.2. The van der Waals surface area contributed by atoms with Crippen LogP contribution in [0.4, 0.5) is 0 Å². The first kappa shape index (κ1) is 18.0. The largest absolute Gasteiger partial charge is 0.354 e. The monoisotopic (exact) mass is 330 g/mol. The molecule has 0 saturated carbocycles. The maximum absolute atomic E-state index is 11.8. The van der Waals surface area contributed by atoms with Crippen LogP contribution >= 0.6 is 11.8 Å². The van der Waals surface area contributed by atoms with Crippen molar-refractivity contribution in [2.75, 3.05) is 18.6 Å². The van der Waals surface area contributed by atoms with Gasteiger partial charge in [-0.2, -0.15) is 0 Å². The fraction of sp³-hybridized carbons (Fsp3) is 0.500. The van der Waals surface area contributed by atoms with Gasteiger partial charge in [-0.25, -0.2) is 8.42 Å². The van der Waals surface area contributed by atoms with Crippen molar-refractivity contribution in [2.24, 2.45) is 5.73 Å². The molecule has 0 aliphatic heterocycles. The number of carbonyl (C=O) groups is 1. The summed E-state index contributed by atoms with van der Waals surface area (Å²) < 4.78 is 22.1. The molecular weight excluding hydrogens is 308 g/mol. The maximum atomic E-state index is 11.8. The number of thioether (sulfide) groups is 1. The number of carbonyl (C=O) groups excluding carboxylic acids is 1. The fourth-order valence-corrected chi connectivity index (χ4v) is 3.25. The number of rotatable bonds is 8. The molecule has 0 fully saturated rings. The third-order valence-electron chi connectivity index (χ3n) is 2.78. The molecule has 1 rings (SSSR count). The van der Waals surface area contributed by atoms with E-state index in [1.54, 1.807) is 11.8 Å². The van der Waals surface area contributed by atoms with Gasteiger partial charge in [-0.1, -0.05) is 25.1 Å². The van der Waals surface area contributed by atoms with Crippen LogP contribution in [0.25, 0.3) is 0 Å². The molecule has 0 heterocycles. The molecule has 2 unspecified atom stereocenters. The molecular formula is C14H22N2O3S2. The van der Waals surface area contributed by atoms with Crippen LogP contribution in [0.1, 0.15) is 13.3 Å². The van der Waals surface area contributed by atoms with E-state index in [9.17, 15) is 13.2 Å². The van der Waals surface area contributed by atoms with E-state index in [1.807, 2.05) is 37.3 Å². The van der Waals surface area contributed by atoms with E-state index >= 15 is 0 Å². The number of amides is 1. The van der Waals surface area contributed by atoms with Gasteiger partial charge in [0, 0.05) is 22.9 Å². The first-order valence-corrected chi connectivity index (χ1v) is 9.64. The smallest absolute Gasteiger partial charge is 0.236 e. The summed E-state index contributed by atoms with van der Waals surface area (Å²) in [4.78, 5) is 12.9. The van der Waals surface area contributed by atoms with Crippen LogP contribution in [-0.2, 0) is 14.6 Å². The average Bonchev–Trinajstić information content (AvgIpc) is 2.42. The lowest BCUT2D eigenvalue weighted by Crippen LogP contribution is -2.43. The third kappa shape index (κ3) is 8.08. The second kappa shape index (κ2) is 8.41. The molecule has 1 aromatic rings. The molecule has 21 heavy (non-hydrogen) atoms. The summed E-state index contributed by atoms with van der Waals surface area (Å²) in [5.74, 6) is -0.380. The van der Waals surface area contributed by atoms with E-state index in [-0.39, 0.29) is 23.3 Å². The lowest BCUT2D eigenvalue weighted by molar-refractivity contribution is -0.122. The molecule has 0 saturated heterocycles. The van der Waals surface area contributed by atoms with Gasteiger partial charge < -0.3 is 11.1 Å². The molecule has 0 aliphatic rings. The molecule has 5 nitrogen and oxygen atoms in total. The molecule has 1 aromatic carbocycles. The first-order valence-electron chi connectivity index (χ1n) is 6.70. The Hall–Kier alpha value is -1.05. The molecule has 2 atom stereocenters. The van der Waals surface area contributed by atoms with E-state index in [0.29, 0.717) is 6.54 Å². The second-order valence-electron chi connectivity index (χ2n) is 5.01. The van der Waals surface area contributed by atoms with Crippen molar-refractivity contribution in [1.82, 2.24) is 5.32 Å². The van der Waals surface area contributed by atoms with Crippen LogP contribution < -0.4 is 11.1 Å².